The van der Waals surface area contributed by atoms with Gasteiger partial charge >= 0.3 is 0 Å². The summed E-state index contributed by atoms with van der Waals surface area (Å²) in [6, 6.07) is -0.0675. The molecular formula is C8H16ClF2N. The molecule has 0 amide bonds. The second kappa shape index (κ2) is 3.46. The van der Waals surface area contributed by atoms with Crippen LogP contribution >= 0.6 is 12.4 Å². The molecule has 0 bridgehead atoms. The second-order valence-corrected chi connectivity index (χ2v) is 4.17. The van der Waals surface area contributed by atoms with Crippen LogP contribution in [0.5, 0.6) is 0 Å². The van der Waals surface area contributed by atoms with E-state index in [-0.39, 0.29) is 31.3 Å². The monoisotopic (exact) mass is 199 g/mol. The minimum atomic E-state index is -2.49. The third kappa shape index (κ3) is 2.56. The molecule has 0 radical (unpaired) electrons. The SMILES string of the molecule is CC1(C)CC(F)(F)CCC1N.Cl. The molecule has 0 aromatic rings. The number of alkyl halides is 2. The van der Waals surface area contributed by atoms with Crippen molar-refractivity contribution in [2.75, 3.05) is 0 Å². The van der Waals surface area contributed by atoms with Crippen LogP contribution in [-0.2, 0) is 0 Å². The highest BCUT2D eigenvalue weighted by Gasteiger charge is 2.44. The van der Waals surface area contributed by atoms with E-state index in [9.17, 15) is 8.78 Å². The fourth-order valence-corrected chi connectivity index (χ4v) is 1.64. The Hall–Kier alpha value is 0.110. The van der Waals surface area contributed by atoms with Crippen molar-refractivity contribution in [3.63, 3.8) is 0 Å². The predicted octanol–water partition coefficient (Wildman–Crippen LogP) is 2.58. The first-order valence-electron chi connectivity index (χ1n) is 3.97. The second-order valence-electron chi connectivity index (χ2n) is 4.17. The van der Waals surface area contributed by atoms with Gasteiger partial charge in [0.15, 0.2) is 0 Å². The first-order valence-corrected chi connectivity index (χ1v) is 3.97. The maximum atomic E-state index is 12.8. The van der Waals surface area contributed by atoms with Gasteiger partial charge in [-0.1, -0.05) is 13.8 Å². The zero-order valence-corrected chi connectivity index (χ0v) is 8.26. The van der Waals surface area contributed by atoms with E-state index in [0.29, 0.717) is 6.42 Å². The molecule has 1 fully saturated rings. The van der Waals surface area contributed by atoms with Crippen LogP contribution in [0.1, 0.15) is 33.1 Å². The molecule has 1 saturated carbocycles. The molecule has 1 rings (SSSR count). The van der Waals surface area contributed by atoms with Gasteiger partial charge in [0, 0.05) is 18.9 Å². The Morgan fingerprint density at radius 1 is 1.33 bits per heavy atom. The lowest BCUT2D eigenvalue weighted by Crippen LogP contribution is -2.46. The van der Waals surface area contributed by atoms with Crippen molar-refractivity contribution in [3.05, 3.63) is 0 Å². The topological polar surface area (TPSA) is 26.0 Å². The highest BCUT2D eigenvalue weighted by Crippen LogP contribution is 2.43. The van der Waals surface area contributed by atoms with Crippen molar-refractivity contribution < 1.29 is 8.78 Å². The van der Waals surface area contributed by atoms with Gasteiger partial charge in [0.25, 0.3) is 0 Å². The minimum absolute atomic E-state index is 0. The first kappa shape index (κ1) is 12.1. The van der Waals surface area contributed by atoms with Gasteiger partial charge in [0.05, 0.1) is 0 Å². The fourth-order valence-electron chi connectivity index (χ4n) is 1.64. The van der Waals surface area contributed by atoms with Crippen LogP contribution in [0, 0.1) is 5.41 Å². The third-order valence-corrected chi connectivity index (χ3v) is 2.54. The summed E-state index contributed by atoms with van der Waals surface area (Å²) >= 11 is 0. The Morgan fingerprint density at radius 2 is 1.83 bits per heavy atom. The molecule has 0 heterocycles. The van der Waals surface area contributed by atoms with Crippen molar-refractivity contribution in [1.82, 2.24) is 0 Å². The van der Waals surface area contributed by atoms with Gasteiger partial charge in [0.1, 0.15) is 0 Å². The van der Waals surface area contributed by atoms with E-state index < -0.39 is 11.3 Å². The third-order valence-electron chi connectivity index (χ3n) is 2.54. The number of rotatable bonds is 0. The summed E-state index contributed by atoms with van der Waals surface area (Å²) in [5, 5.41) is 0. The molecule has 2 N–H and O–H groups in total. The Balaban J connectivity index is 0.00000121. The maximum Gasteiger partial charge on any atom is 0.248 e. The number of halogens is 3. The van der Waals surface area contributed by atoms with Crippen molar-refractivity contribution >= 4 is 12.4 Å². The van der Waals surface area contributed by atoms with Crippen LogP contribution in [0.3, 0.4) is 0 Å². The Labute approximate surface area is 78.1 Å². The van der Waals surface area contributed by atoms with Crippen LogP contribution in [0.25, 0.3) is 0 Å². The van der Waals surface area contributed by atoms with Gasteiger partial charge < -0.3 is 5.73 Å². The zero-order chi connectivity index (χ0) is 8.70. The van der Waals surface area contributed by atoms with Gasteiger partial charge in [-0.3, -0.25) is 0 Å². The molecule has 74 valence electrons. The highest BCUT2D eigenvalue weighted by molar-refractivity contribution is 5.85. The van der Waals surface area contributed by atoms with E-state index in [1.54, 1.807) is 0 Å². The normalized spacial score (nSPS) is 32.2. The molecular weight excluding hydrogens is 184 g/mol. The maximum absolute atomic E-state index is 12.8. The van der Waals surface area contributed by atoms with Crippen LogP contribution < -0.4 is 5.73 Å². The molecule has 12 heavy (non-hydrogen) atoms. The minimum Gasteiger partial charge on any atom is -0.327 e. The summed E-state index contributed by atoms with van der Waals surface area (Å²) in [4.78, 5) is 0. The highest BCUT2D eigenvalue weighted by atomic mass is 35.5. The molecule has 1 aliphatic rings. The fraction of sp³-hybridized carbons (Fsp3) is 1.00. The molecule has 0 aliphatic heterocycles. The Kier molecular flexibility index (Phi) is 3.49. The molecule has 1 unspecified atom stereocenters. The lowest BCUT2D eigenvalue weighted by atomic mass is 9.72. The van der Waals surface area contributed by atoms with Crippen LogP contribution in [0.4, 0.5) is 8.78 Å². The van der Waals surface area contributed by atoms with E-state index >= 15 is 0 Å². The zero-order valence-electron chi connectivity index (χ0n) is 7.44. The van der Waals surface area contributed by atoms with Crippen molar-refractivity contribution in [1.29, 1.82) is 0 Å². The number of hydrogen-bond acceptors (Lipinski definition) is 1. The summed E-state index contributed by atoms with van der Waals surface area (Å²) in [5.41, 5.74) is 5.30. The molecule has 0 spiro atoms. The van der Waals surface area contributed by atoms with E-state index in [4.69, 9.17) is 5.73 Å². The van der Waals surface area contributed by atoms with Crippen molar-refractivity contribution in [2.24, 2.45) is 11.1 Å². The van der Waals surface area contributed by atoms with Gasteiger partial charge in [-0.2, -0.15) is 0 Å². The van der Waals surface area contributed by atoms with Gasteiger partial charge in [-0.25, -0.2) is 8.78 Å². The average Bonchev–Trinajstić information content (AvgIpc) is 1.77. The molecule has 0 aromatic carbocycles. The molecule has 1 atom stereocenters. The quantitative estimate of drug-likeness (QED) is 0.638. The molecule has 0 aromatic heterocycles. The molecule has 4 heteroatoms. The van der Waals surface area contributed by atoms with E-state index in [2.05, 4.69) is 0 Å². The Bertz CT molecular complexity index is 159. The summed E-state index contributed by atoms with van der Waals surface area (Å²) < 4.78 is 25.6. The lowest BCUT2D eigenvalue weighted by Gasteiger charge is -2.40. The van der Waals surface area contributed by atoms with Crippen molar-refractivity contribution in [2.45, 2.75) is 45.1 Å². The summed E-state index contributed by atoms with van der Waals surface area (Å²) in [6.45, 7) is 3.62. The van der Waals surface area contributed by atoms with Crippen LogP contribution in [0.2, 0.25) is 0 Å². The van der Waals surface area contributed by atoms with E-state index in [0.717, 1.165) is 0 Å². The van der Waals surface area contributed by atoms with Crippen molar-refractivity contribution in [3.8, 4) is 0 Å². The van der Waals surface area contributed by atoms with Crippen LogP contribution in [-0.4, -0.2) is 12.0 Å². The summed E-state index contributed by atoms with van der Waals surface area (Å²) in [5.74, 6) is -2.49. The first-order chi connectivity index (χ1) is 4.83. The summed E-state index contributed by atoms with van der Waals surface area (Å²) in [7, 11) is 0. The number of hydrogen-bond donors (Lipinski definition) is 1. The van der Waals surface area contributed by atoms with E-state index in [1.165, 1.54) is 0 Å². The molecule has 0 saturated heterocycles. The Morgan fingerprint density at radius 3 is 2.17 bits per heavy atom. The largest absolute Gasteiger partial charge is 0.327 e. The summed E-state index contributed by atoms with van der Waals surface area (Å²) in [6.07, 6.45) is 0.332. The predicted molar refractivity (Wildman–Crippen MR) is 47.8 cm³/mol. The van der Waals surface area contributed by atoms with Crippen LogP contribution in [0.15, 0.2) is 0 Å². The lowest BCUT2D eigenvalue weighted by molar-refractivity contribution is -0.0798. The molecule has 1 nitrogen and oxygen atoms in total. The smallest absolute Gasteiger partial charge is 0.248 e. The average molecular weight is 200 g/mol. The van der Waals surface area contributed by atoms with E-state index in [1.807, 2.05) is 13.8 Å². The number of nitrogens with two attached hydrogens (primary N) is 1. The molecule has 1 aliphatic carbocycles. The van der Waals surface area contributed by atoms with Gasteiger partial charge in [0.2, 0.25) is 5.92 Å². The van der Waals surface area contributed by atoms with Gasteiger partial charge in [-0.05, 0) is 11.8 Å². The van der Waals surface area contributed by atoms with Gasteiger partial charge in [-0.15, -0.1) is 12.4 Å². The standard InChI is InChI=1S/C8H15F2N.ClH/c1-7(2)5-8(9,10)4-3-6(7)11;/h6H,3-5,11H2,1-2H3;1H.